The summed E-state index contributed by atoms with van der Waals surface area (Å²) in [6.45, 7) is 6.14. The topological polar surface area (TPSA) is 146 Å². The number of amides is 2. The summed E-state index contributed by atoms with van der Waals surface area (Å²) >= 11 is 0. The summed E-state index contributed by atoms with van der Waals surface area (Å²) in [4.78, 5) is 47.7. The van der Waals surface area contributed by atoms with Crippen molar-refractivity contribution in [1.82, 2.24) is 10.9 Å². The van der Waals surface area contributed by atoms with E-state index in [1.807, 2.05) is 56.3 Å². The summed E-state index contributed by atoms with van der Waals surface area (Å²) in [5.41, 5.74) is 10.7. The molecule has 1 heterocycles. The Morgan fingerprint density at radius 1 is 1.05 bits per heavy atom. The van der Waals surface area contributed by atoms with Crippen molar-refractivity contribution in [3.63, 3.8) is 0 Å². The second-order valence-corrected chi connectivity index (χ2v) is 11.4. The van der Waals surface area contributed by atoms with E-state index in [0.29, 0.717) is 19.4 Å². The Morgan fingerprint density at radius 2 is 1.72 bits per heavy atom. The highest BCUT2D eigenvalue weighted by molar-refractivity contribution is 5.99. The van der Waals surface area contributed by atoms with Crippen LogP contribution in [0.2, 0.25) is 0 Å². The maximum atomic E-state index is 14.3. The molecule has 0 radical (unpaired) electrons. The van der Waals surface area contributed by atoms with Crippen LogP contribution in [0.3, 0.4) is 0 Å². The molecule has 1 saturated heterocycles. The van der Waals surface area contributed by atoms with Gasteiger partial charge in [-0.2, -0.15) is 0 Å². The van der Waals surface area contributed by atoms with Crippen molar-refractivity contribution >= 4 is 23.7 Å². The number of rotatable bonds is 13. The molecule has 1 aromatic carbocycles. The Kier molecular flexibility index (Phi) is 11.7. The number of ketones is 1. The molecule has 3 rings (SSSR count). The molecule has 2 aliphatic rings. The first-order valence-corrected chi connectivity index (χ1v) is 14.3. The molecule has 9 nitrogen and oxygen atoms in total. The molecule has 1 saturated carbocycles. The summed E-state index contributed by atoms with van der Waals surface area (Å²) in [6.07, 6.45) is 9.31. The minimum atomic E-state index is -1.35. The monoisotopic (exact) mass is 542 g/mol. The quantitative estimate of drug-likeness (QED) is 0.169. The van der Waals surface area contributed by atoms with Gasteiger partial charge in [0.1, 0.15) is 0 Å². The smallest absolute Gasteiger partial charge is 0.248 e. The summed E-state index contributed by atoms with van der Waals surface area (Å²) in [5, 5.41) is 0. The van der Waals surface area contributed by atoms with Gasteiger partial charge in [0.05, 0.1) is 23.3 Å². The van der Waals surface area contributed by atoms with Gasteiger partial charge in [-0.05, 0) is 56.4 Å². The molecule has 1 aliphatic carbocycles. The van der Waals surface area contributed by atoms with E-state index in [0.717, 1.165) is 44.1 Å². The number of hydroxylamine groups is 1. The molecule has 5 atom stereocenters. The van der Waals surface area contributed by atoms with E-state index >= 15 is 0 Å². The number of Topliss-reactive ketones (excluding diaryl/α,β-unsaturated/α-hetero) is 1. The number of nitrogens with two attached hydrogens (primary N) is 2. The molecule has 0 bridgehead atoms. The van der Waals surface area contributed by atoms with E-state index < -0.39 is 41.4 Å². The number of allylic oxidation sites excluding steroid dienone is 1. The van der Waals surface area contributed by atoms with Crippen LogP contribution in [0.1, 0.15) is 77.7 Å². The molecule has 39 heavy (non-hydrogen) atoms. The van der Waals surface area contributed by atoms with Gasteiger partial charge in [0, 0.05) is 13.0 Å². The number of hydrogen-bond acceptors (Lipinski definition) is 7. The van der Waals surface area contributed by atoms with Crippen LogP contribution < -0.4 is 22.5 Å². The van der Waals surface area contributed by atoms with Gasteiger partial charge in [-0.1, -0.05) is 69.2 Å². The fourth-order valence-electron chi connectivity index (χ4n) is 6.26. The first-order chi connectivity index (χ1) is 18.7. The van der Waals surface area contributed by atoms with Gasteiger partial charge < -0.3 is 10.5 Å². The molecule has 2 fully saturated rings. The van der Waals surface area contributed by atoms with Crippen LogP contribution in [0.25, 0.3) is 6.08 Å². The van der Waals surface area contributed by atoms with Crippen molar-refractivity contribution < 1.29 is 24.0 Å². The third-order valence-electron chi connectivity index (χ3n) is 8.05. The number of carbonyl (C=O) groups is 3. The largest absolute Gasteiger partial charge is 0.350 e. The zero-order chi connectivity index (χ0) is 28.4. The normalized spacial score (nSPS) is 22.3. The molecule has 6 N–H and O–H groups in total. The molecule has 2 amide bonds. The van der Waals surface area contributed by atoms with Crippen LogP contribution in [-0.2, 0) is 24.0 Å². The van der Waals surface area contributed by atoms with Crippen LogP contribution >= 0.6 is 0 Å². The van der Waals surface area contributed by atoms with Crippen LogP contribution in [0, 0.1) is 29.1 Å². The van der Waals surface area contributed by atoms with Gasteiger partial charge in [-0.15, -0.1) is 0 Å². The lowest BCUT2D eigenvalue weighted by atomic mass is 9.57. The van der Waals surface area contributed by atoms with Crippen molar-refractivity contribution in [1.29, 1.82) is 0 Å². The van der Waals surface area contributed by atoms with Gasteiger partial charge >= 0.3 is 0 Å². The summed E-state index contributed by atoms with van der Waals surface area (Å²) in [7, 11) is 0. The number of nitrogens with one attached hydrogen (secondary N) is 2. The average Bonchev–Trinajstić information content (AvgIpc) is 3.49. The highest BCUT2D eigenvalue weighted by Gasteiger charge is 2.57. The Hall–Kier alpha value is -2.59. The Morgan fingerprint density at radius 3 is 2.28 bits per heavy atom. The predicted molar refractivity (Wildman–Crippen MR) is 150 cm³/mol. The van der Waals surface area contributed by atoms with Crippen LogP contribution in [0.15, 0.2) is 36.4 Å². The summed E-state index contributed by atoms with van der Waals surface area (Å²) in [5.74, 6) is 2.23. The number of benzene rings is 1. The van der Waals surface area contributed by atoms with Crippen molar-refractivity contribution in [3.8, 4) is 0 Å². The van der Waals surface area contributed by atoms with E-state index in [-0.39, 0.29) is 17.6 Å². The van der Waals surface area contributed by atoms with E-state index in [9.17, 15) is 14.4 Å². The van der Waals surface area contributed by atoms with Crippen molar-refractivity contribution in [2.45, 2.75) is 84.5 Å². The molecule has 9 heteroatoms. The van der Waals surface area contributed by atoms with Crippen molar-refractivity contribution in [2.24, 2.45) is 40.7 Å². The standard InChI is InChI=1S/C30H46N4O5/c1-20(2)19-24(28(36)33-32)26(29(37)34-39-25-15-9-10-18-38-25)30(27(35)21(3)31,23-13-7-8-14-23)17-16-22-11-5-4-6-12-22/h4-6,11-12,16-17,20-21,23-26H,7-10,13-15,18-19,31-32H2,1-3H3,(H,33,36)(H,34,37)/b17-16+/t21-,24-,25?,26-,30?/m1/s1. The highest BCUT2D eigenvalue weighted by atomic mass is 16.8. The average molecular weight is 543 g/mol. The second-order valence-electron chi connectivity index (χ2n) is 11.4. The summed E-state index contributed by atoms with van der Waals surface area (Å²) in [6, 6.07) is 8.75. The van der Waals surface area contributed by atoms with Crippen molar-refractivity contribution in [2.75, 3.05) is 6.61 Å². The molecule has 0 aromatic heterocycles. The number of hydrazine groups is 1. The lowest BCUT2D eigenvalue weighted by Crippen LogP contribution is -2.59. The first-order valence-electron chi connectivity index (χ1n) is 14.3. The predicted octanol–water partition coefficient (Wildman–Crippen LogP) is 3.64. The Labute approximate surface area is 232 Å². The molecule has 0 spiro atoms. The molecule has 2 unspecified atom stereocenters. The van der Waals surface area contributed by atoms with Crippen LogP contribution in [0.5, 0.6) is 0 Å². The minimum Gasteiger partial charge on any atom is -0.350 e. The molecular weight excluding hydrogens is 496 g/mol. The maximum Gasteiger partial charge on any atom is 0.248 e. The Balaban J connectivity index is 2.18. The third kappa shape index (κ3) is 7.75. The van der Waals surface area contributed by atoms with Gasteiger partial charge in [0.15, 0.2) is 12.1 Å². The second kappa shape index (κ2) is 14.7. The SMILES string of the molecule is CC(C)C[C@@H](C(=O)NN)[C@H](C(=O)NOC1CCCCO1)C(/C=C/c1ccccc1)(C(=O)[C@@H](C)N)C1CCCC1. The third-order valence-corrected chi connectivity index (χ3v) is 8.05. The lowest BCUT2D eigenvalue weighted by Gasteiger charge is -2.45. The zero-order valence-electron chi connectivity index (χ0n) is 23.6. The van der Waals surface area contributed by atoms with Gasteiger partial charge in [0.2, 0.25) is 11.8 Å². The Bertz CT molecular complexity index is 971. The molecular formula is C30H46N4O5. The fourth-order valence-corrected chi connectivity index (χ4v) is 6.26. The van der Waals surface area contributed by atoms with E-state index in [2.05, 4.69) is 10.9 Å². The maximum absolute atomic E-state index is 14.3. The zero-order valence-corrected chi connectivity index (χ0v) is 23.6. The van der Waals surface area contributed by atoms with Crippen molar-refractivity contribution in [3.05, 3.63) is 42.0 Å². The van der Waals surface area contributed by atoms with E-state index in [1.54, 1.807) is 6.92 Å². The molecule has 1 aliphatic heterocycles. The van der Waals surface area contributed by atoms with E-state index in [1.165, 1.54) is 0 Å². The minimum absolute atomic E-state index is 0.0509. The van der Waals surface area contributed by atoms with Crippen LogP contribution in [-0.4, -0.2) is 36.5 Å². The highest BCUT2D eigenvalue weighted by Crippen LogP contribution is 2.51. The summed E-state index contributed by atoms with van der Waals surface area (Å²) < 4.78 is 5.64. The first kappa shape index (κ1) is 30.9. The van der Waals surface area contributed by atoms with Gasteiger partial charge in [0.25, 0.3) is 0 Å². The fraction of sp³-hybridized carbons (Fsp3) is 0.633. The van der Waals surface area contributed by atoms with Gasteiger partial charge in [-0.3, -0.25) is 19.8 Å². The lowest BCUT2D eigenvalue weighted by molar-refractivity contribution is -0.205. The number of ether oxygens (including phenoxy) is 1. The van der Waals surface area contributed by atoms with E-state index in [4.69, 9.17) is 21.2 Å². The van der Waals surface area contributed by atoms with Crippen LogP contribution in [0.4, 0.5) is 0 Å². The molecule has 216 valence electrons. The number of hydrogen-bond donors (Lipinski definition) is 4. The van der Waals surface area contributed by atoms with Gasteiger partial charge in [-0.25, -0.2) is 16.2 Å². The molecule has 1 aromatic rings. The number of carbonyl (C=O) groups excluding carboxylic acids is 3.